The van der Waals surface area contributed by atoms with Gasteiger partial charge in [-0.3, -0.25) is 0 Å². The number of hydrogen-bond acceptors (Lipinski definition) is 9. The molecule has 0 aromatic rings. The van der Waals surface area contributed by atoms with Crippen LogP contribution in [0.15, 0.2) is 0 Å². The first-order chi connectivity index (χ1) is 18.9. The summed E-state index contributed by atoms with van der Waals surface area (Å²) in [5.74, 6) is 0. The normalized spacial score (nSPS) is 11.5. The topological polar surface area (TPSA) is 83.1 Å². The van der Waals surface area contributed by atoms with Gasteiger partial charge in [0, 0.05) is 13.2 Å². The van der Waals surface area contributed by atoms with E-state index >= 15 is 0 Å². The first-order valence-corrected chi connectivity index (χ1v) is 16.2. The lowest BCUT2D eigenvalue weighted by Crippen LogP contribution is -2.15. The van der Waals surface area contributed by atoms with Crippen molar-refractivity contribution in [2.75, 3.05) is 123 Å². The molecule has 0 fully saturated rings. The van der Waals surface area contributed by atoms with E-state index in [4.69, 9.17) is 42.6 Å². The van der Waals surface area contributed by atoms with Gasteiger partial charge in [-0.2, -0.15) is 0 Å². The van der Waals surface area contributed by atoms with Gasteiger partial charge in [-0.1, -0.05) is 61.6 Å². The van der Waals surface area contributed by atoms with E-state index in [1.54, 1.807) is 0 Å². The highest BCUT2D eigenvalue weighted by molar-refractivity contribution is 14.1. The molecular formula is C28H57IO9. The van der Waals surface area contributed by atoms with Crippen LogP contribution < -0.4 is 0 Å². The van der Waals surface area contributed by atoms with Gasteiger partial charge >= 0.3 is 0 Å². The Morgan fingerprint density at radius 2 is 0.526 bits per heavy atom. The van der Waals surface area contributed by atoms with Crippen molar-refractivity contribution in [1.82, 2.24) is 0 Å². The van der Waals surface area contributed by atoms with Crippen LogP contribution in [-0.4, -0.2) is 123 Å². The minimum Gasteiger partial charge on any atom is -0.379 e. The Kier molecular flexibility index (Phi) is 37.7. The van der Waals surface area contributed by atoms with E-state index in [1.165, 1.54) is 43.0 Å². The molecule has 0 bridgehead atoms. The molecule has 9 nitrogen and oxygen atoms in total. The molecule has 0 aliphatic rings. The number of halogens is 1. The lowest BCUT2D eigenvalue weighted by molar-refractivity contribution is -0.0250. The summed E-state index contributed by atoms with van der Waals surface area (Å²) >= 11 is 2.42. The monoisotopic (exact) mass is 664 g/mol. The van der Waals surface area contributed by atoms with Gasteiger partial charge < -0.3 is 42.6 Å². The molecule has 38 heavy (non-hydrogen) atoms. The molecule has 0 N–H and O–H groups in total. The van der Waals surface area contributed by atoms with Gasteiger partial charge in [0.25, 0.3) is 0 Å². The molecule has 0 heterocycles. The number of unbranched alkanes of at least 4 members (excludes halogenated alkanes) is 6. The van der Waals surface area contributed by atoms with Gasteiger partial charge in [-0.15, -0.1) is 0 Å². The van der Waals surface area contributed by atoms with Crippen molar-refractivity contribution >= 4 is 22.6 Å². The fourth-order valence-electron chi connectivity index (χ4n) is 3.14. The Bertz CT molecular complexity index is 373. The molecule has 0 unspecified atom stereocenters. The van der Waals surface area contributed by atoms with Gasteiger partial charge in [-0.05, 0) is 23.7 Å². The smallest absolute Gasteiger partial charge is 0.0701 e. The molecule has 10 heteroatoms. The molecule has 0 radical (unpaired) electrons. The van der Waals surface area contributed by atoms with Crippen LogP contribution in [0.25, 0.3) is 0 Å². The molecule has 0 atom stereocenters. The number of hydrogen-bond donors (Lipinski definition) is 0. The summed E-state index contributed by atoms with van der Waals surface area (Å²) in [6, 6.07) is 0. The average molecular weight is 665 g/mol. The van der Waals surface area contributed by atoms with Gasteiger partial charge in [0.05, 0.1) is 106 Å². The second-order valence-electron chi connectivity index (χ2n) is 8.68. The third-order valence-electron chi connectivity index (χ3n) is 5.29. The summed E-state index contributed by atoms with van der Waals surface area (Å²) in [6.07, 6.45) is 9.93. The maximum atomic E-state index is 5.55. The summed E-state index contributed by atoms with van der Waals surface area (Å²) in [5, 5.41) is 0. The third kappa shape index (κ3) is 36.4. The van der Waals surface area contributed by atoms with Crippen LogP contribution in [0.1, 0.15) is 58.3 Å². The van der Waals surface area contributed by atoms with Crippen molar-refractivity contribution in [2.45, 2.75) is 58.3 Å². The molecule has 0 saturated carbocycles. The SMILES string of the molecule is CCCCCCOCCOCCOCCOCCOCCOCCOCCOCCOCCCCCCI. The van der Waals surface area contributed by atoms with Gasteiger partial charge in [0.2, 0.25) is 0 Å². The summed E-state index contributed by atoms with van der Waals surface area (Å²) in [5.41, 5.74) is 0. The van der Waals surface area contributed by atoms with Crippen molar-refractivity contribution in [3.05, 3.63) is 0 Å². The van der Waals surface area contributed by atoms with Gasteiger partial charge in [0.15, 0.2) is 0 Å². The fourth-order valence-corrected chi connectivity index (χ4v) is 3.68. The van der Waals surface area contributed by atoms with Crippen LogP contribution in [0.3, 0.4) is 0 Å². The third-order valence-corrected chi connectivity index (χ3v) is 6.05. The van der Waals surface area contributed by atoms with E-state index in [9.17, 15) is 0 Å². The maximum absolute atomic E-state index is 5.55. The molecule has 0 aliphatic carbocycles. The van der Waals surface area contributed by atoms with Gasteiger partial charge in [-0.25, -0.2) is 0 Å². The quantitative estimate of drug-likeness (QED) is 0.0544. The maximum Gasteiger partial charge on any atom is 0.0701 e. The Morgan fingerprint density at radius 1 is 0.289 bits per heavy atom. The predicted molar refractivity (Wildman–Crippen MR) is 159 cm³/mol. The largest absolute Gasteiger partial charge is 0.379 e. The summed E-state index contributed by atoms with van der Waals surface area (Å²) in [7, 11) is 0. The van der Waals surface area contributed by atoms with Crippen LogP contribution in [-0.2, 0) is 42.6 Å². The Morgan fingerprint density at radius 3 is 0.789 bits per heavy atom. The zero-order valence-corrected chi connectivity index (χ0v) is 26.3. The van der Waals surface area contributed by atoms with Crippen molar-refractivity contribution in [3.8, 4) is 0 Å². The van der Waals surface area contributed by atoms with Gasteiger partial charge in [0.1, 0.15) is 0 Å². The van der Waals surface area contributed by atoms with Crippen LogP contribution in [0.2, 0.25) is 0 Å². The Labute approximate surface area is 246 Å². The molecule has 0 rings (SSSR count). The molecule has 0 aliphatic heterocycles. The summed E-state index contributed by atoms with van der Waals surface area (Å²) in [4.78, 5) is 0. The van der Waals surface area contributed by atoms with Crippen molar-refractivity contribution in [1.29, 1.82) is 0 Å². The number of rotatable bonds is 35. The second kappa shape index (κ2) is 37.4. The van der Waals surface area contributed by atoms with E-state index in [2.05, 4.69) is 29.5 Å². The standard InChI is InChI=1S/C28H57IO9/c1-2-3-4-8-11-30-13-15-32-17-19-34-21-23-36-25-27-38-28-26-37-24-22-35-20-18-33-16-14-31-12-9-6-5-7-10-29/h2-28H2,1H3. The average Bonchev–Trinajstić information content (AvgIpc) is 2.93. The molecule has 230 valence electrons. The summed E-state index contributed by atoms with van der Waals surface area (Å²) in [6.45, 7) is 13.1. The Balaban J connectivity index is 3.01. The predicted octanol–water partition coefficient (Wildman–Crippen LogP) is 4.71. The Hall–Kier alpha value is 0.370. The van der Waals surface area contributed by atoms with Crippen LogP contribution >= 0.6 is 22.6 Å². The molecule has 0 spiro atoms. The molecule has 0 saturated heterocycles. The highest BCUT2D eigenvalue weighted by Crippen LogP contribution is 2.02. The second-order valence-corrected chi connectivity index (χ2v) is 9.75. The van der Waals surface area contributed by atoms with Crippen LogP contribution in [0.4, 0.5) is 0 Å². The van der Waals surface area contributed by atoms with E-state index in [-0.39, 0.29) is 0 Å². The summed E-state index contributed by atoms with van der Waals surface area (Å²) < 4.78 is 50.7. The minimum absolute atomic E-state index is 0.543. The molecule has 0 aromatic heterocycles. The lowest BCUT2D eigenvalue weighted by atomic mass is 10.2. The lowest BCUT2D eigenvalue weighted by Gasteiger charge is -2.09. The molecular weight excluding hydrogens is 607 g/mol. The van der Waals surface area contributed by atoms with E-state index in [0.29, 0.717) is 106 Å². The number of alkyl halides is 1. The number of ether oxygens (including phenoxy) is 9. The zero-order valence-electron chi connectivity index (χ0n) is 24.1. The van der Waals surface area contributed by atoms with Crippen LogP contribution in [0, 0.1) is 0 Å². The molecule has 0 aromatic carbocycles. The fraction of sp³-hybridized carbons (Fsp3) is 1.00. The van der Waals surface area contributed by atoms with Crippen molar-refractivity contribution in [3.63, 3.8) is 0 Å². The molecule has 0 amide bonds. The van der Waals surface area contributed by atoms with Crippen molar-refractivity contribution < 1.29 is 42.6 Å². The first kappa shape index (κ1) is 38.4. The van der Waals surface area contributed by atoms with E-state index in [1.807, 2.05) is 0 Å². The van der Waals surface area contributed by atoms with Crippen LogP contribution in [0.5, 0.6) is 0 Å². The first-order valence-electron chi connectivity index (χ1n) is 14.7. The van der Waals surface area contributed by atoms with E-state index < -0.39 is 0 Å². The minimum atomic E-state index is 0.543. The van der Waals surface area contributed by atoms with E-state index in [0.717, 1.165) is 26.1 Å². The van der Waals surface area contributed by atoms with Crippen molar-refractivity contribution in [2.24, 2.45) is 0 Å². The highest BCUT2D eigenvalue weighted by atomic mass is 127. The zero-order chi connectivity index (χ0) is 27.5. The highest BCUT2D eigenvalue weighted by Gasteiger charge is 1.96.